The molecule has 1 aliphatic carbocycles. The van der Waals surface area contributed by atoms with Gasteiger partial charge in [-0.15, -0.1) is 0 Å². The van der Waals surface area contributed by atoms with Gasteiger partial charge in [-0.3, -0.25) is 14.5 Å². The molecule has 1 atom stereocenters. The Morgan fingerprint density at radius 3 is 2.21 bits per heavy atom. The highest BCUT2D eigenvalue weighted by Gasteiger charge is 2.47. The number of aryl methyl sites for hydroxylation is 2. The summed E-state index contributed by atoms with van der Waals surface area (Å²) in [4.78, 5) is 27.1. The molecule has 1 unspecified atom stereocenters. The van der Waals surface area contributed by atoms with Crippen molar-refractivity contribution in [3.05, 3.63) is 106 Å². The summed E-state index contributed by atoms with van der Waals surface area (Å²) < 4.78 is 41.9. The van der Waals surface area contributed by atoms with Gasteiger partial charge < -0.3 is 5.11 Å². The Labute approximate surface area is 194 Å². The smallest absolute Gasteiger partial charge is 0.300 e. The maximum atomic E-state index is 14.7. The monoisotopic (exact) mass is 463 g/mol. The number of benzene rings is 3. The number of amides is 1. The molecular weight excluding hydrogens is 443 g/mol. The van der Waals surface area contributed by atoms with Crippen LogP contribution < -0.4 is 4.90 Å². The normalized spacial score (nSPS) is 19.4. The van der Waals surface area contributed by atoms with Gasteiger partial charge in [0.2, 0.25) is 0 Å². The first-order valence-electron chi connectivity index (χ1n) is 11.0. The van der Waals surface area contributed by atoms with E-state index in [1.165, 1.54) is 17.7 Å². The van der Waals surface area contributed by atoms with E-state index in [0.29, 0.717) is 17.2 Å². The number of anilines is 1. The summed E-state index contributed by atoms with van der Waals surface area (Å²) in [5.41, 5.74) is 2.34. The third kappa shape index (κ3) is 3.67. The number of rotatable bonds is 3. The molecule has 0 radical (unpaired) electrons. The lowest BCUT2D eigenvalue weighted by Crippen LogP contribution is -2.30. The number of fused-ring (bicyclic) bond motifs is 1. The van der Waals surface area contributed by atoms with Gasteiger partial charge in [0.05, 0.1) is 17.3 Å². The van der Waals surface area contributed by atoms with E-state index in [1.54, 1.807) is 12.1 Å². The lowest BCUT2D eigenvalue weighted by atomic mass is 9.88. The fraction of sp³-hybridized carbons (Fsp3) is 0.185. The first kappa shape index (κ1) is 21.9. The van der Waals surface area contributed by atoms with E-state index in [0.717, 1.165) is 60.4 Å². The Morgan fingerprint density at radius 2 is 1.50 bits per heavy atom. The molecule has 1 amide bonds. The van der Waals surface area contributed by atoms with E-state index in [9.17, 15) is 27.9 Å². The molecule has 0 spiro atoms. The van der Waals surface area contributed by atoms with Crippen LogP contribution in [0.25, 0.3) is 5.76 Å². The minimum atomic E-state index is -1.23. The molecule has 1 fully saturated rings. The molecule has 1 aliphatic heterocycles. The third-order valence-electron chi connectivity index (χ3n) is 6.42. The number of carbonyl (C=O) groups is 2. The Hall–Kier alpha value is -3.87. The second-order valence-electron chi connectivity index (χ2n) is 8.51. The Balaban J connectivity index is 1.71. The highest BCUT2D eigenvalue weighted by atomic mass is 19.1. The number of hydrogen-bond donors (Lipinski definition) is 1. The van der Waals surface area contributed by atoms with Crippen molar-refractivity contribution in [3.8, 4) is 0 Å². The summed E-state index contributed by atoms with van der Waals surface area (Å²) in [5, 5.41) is 11.2. The van der Waals surface area contributed by atoms with Gasteiger partial charge in [0, 0.05) is 11.6 Å². The molecule has 2 aliphatic rings. The van der Waals surface area contributed by atoms with Crippen LogP contribution in [0.1, 0.15) is 41.1 Å². The summed E-state index contributed by atoms with van der Waals surface area (Å²) in [5.74, 6) is -4.89. The first-order valence-corrected chi connectivity index (χ1v) is 11.0. The van der Waals surface area contributed by atoms with Gasteiger partial charge in [-0.05, 0) is 72.7 Å². The minimum Gasteiger partial charge on any atom is -0.507 e. The van der Waals surface area contributed by atoms with Crippen molar-refractivity contribution < 1.29 is 27.9 Å². The Kier molecular flexibility index (Phi) is 5.48. The van der Waals surface area contributed by atoms with Crippen molar-refractivity contribution in [2.45, 2.75) is 31.7 Å². The van der Waals surface area contributed by atoms with Crippen molar-refractivity contribution >= 4 is 23.1 Å². The van der Waals surface area contributed by atoms with Crippen molar-refractivity contribution in [3.63, 3.8) is 0 Å². The molecule has 0 saturated carbocycles. The number of halogens is 3. The first-order chi connectivity index (χ1) is 16.3. The number of aliphatic hydroxyl groups is 1. The van der Waals surface area contributed by atoms with Crippen LogP contribution in [-0.2, 0) is 22.4 Å². The summed E-state index contributed by atoms with van der Waals surface area (Å²) in [6, 6.07) is 11.8. The number of nitrogens with zero attached hydrogens (tertiary/aromatic N) is 1. The number of aliphatic hydroxyl groups excluding tert-OH is 1. The average Bonchev–Trinajstić information content (AvgIpc) is 3.09. The SMILES string of the molecule is O=C1C(=O)N(c2ccc(F)cc2F)C(c2ccc(F)cc2)/C1=C(/O)c1ccc2c(c1)CCCC2. The maximum absolute atomic E-state index is 14.7. The molecule has 7 heteroatoms. The van der Waals surface area contributed by atoms with Gasteiger partial charge in [0.25, 0.3) is 11.7 Å². The Morgan fingerprint density at radius 1 is 0.824 bits per heavy atom. The van der Waals surface area contributed by atoms with Gasteiger partial charge in [-0.25, -0.2) is 13.2 Å². The van der Waals surface area contributed by atoms with Crippen molar-refractivity contribution in [1.82, 2.24) is 0 Å². The summed E-state index contributed by atoms with van der Waals surface area (Å²) >= 11 is 0. The molecule has 3 aromatic carbocycles. The number of ketones is 1. The van der Waals surface area contributed by atoms with Gasteiger partial charge in [-0.2, -0.15) is 0 Å². The Bertz CT molecular complexity index is 1350. The van der Waals surface area contributed by atoms with Crippen LogP contribution in [0.3, 0.4) is 0 Å². The minimum absolute atomic E-state index is 0.240. The van der Waals surface area contributed by atoms with E-state index in [1.807, 2.05) is 6.07 Å². The van der Waals surface area contributed by atoms with E-state index < -0.39 is 40.9 Å². The highest BCUT2D eigenvalue weighted by molar-refractivity contribution is 6.51. The fourth-order valence-corrected chi connectivity index (χ4v) is 4.75. The van der Waals surface area contributed by atoms with Crippen LogP contribution in [0, 0.1) is 17.5 Å². The number of carbonyl (C=O) groups excluding carboxylic acids is 2. The highest BCUT2D eigenvalue weighted by Crippen LogP contribution is 2.43. The van der Waals surface area contributed by atoms with Crippen LogP contribution in [0.15, 0.2) is 66.2 Å². The van der Waals surface area contributed by atoms with Gasteiger partial charge in [0.1, 0.15) is 23.2 Å². The molecular formula is C27H20F3NO3. The molecule has 1 N–H and O–H groups in total. The molecule has 172 valence electrons. The standard InChI is InChI=1S/C27H20F3NO3/c28-19-9-7-16(8-10-19)24-23(25(32)18-6-5-15-3-1-2-4-17(15)13-18)26(33)27(34)31(24)22-12-11-20(29)14-21(22)30/h5-14,24,32H,1-4H2/b25-23-. The molecule has 5 rings (SSSR count). The van der Waals surface area contributed by atoms with Crippen LogP contribution in [0.5, 0.6) is 0 Å². The predicted octanol–water partition coefficient (Wildman–Crippen LogP) is 5.61. The zero-order chi connectivity index (χ0) is 24.0. The van der Waals surface area contributed by atoms with E-state index in [4.69, 9.17) is 0 Å². The van der Waals surface area contributed by atoms with Gasteiger partial charge >= 0.3 is 0 Å². The average molecular weight is 463 g/mol. The lowest BCUT2D eigenvalue weighted by Gasteiger charge is -2.26. The van der Waals surface area contributed by atoms with Crippen LogP contribution in [0.2, 0.25) is 0 Å². The topological polar surface area (TPSA) is 57.6 Å². The van der Waals surface area contributed by atoms with E-state index in [2.05, 4.69) is 0 Å². The molecule has 0 aromatic heterocycles. The second kappa shape index (κ2) is 8.48. The summed E-state index contributed by atoms with van der Waals surface area (Å²) in [7, 11) is 0. The fourth-order valence-electron chi connectivity index (χ4n) is 4.75. The van der Waals surface area contributed by atoms with Gasteiger partial charge in [-0.1, -0.05) is 24.3 Å². The van der Waals surface area contributed by atoms with E-state index >= 15 is 0 Å². The predicted molar refractivity (Wildman–Crippen MR) is 121 cm³/mol. The largest absolute Gasteiger partial charge is 0.507 e. The van der Waals surface area contributed by atoms with E-state index in [-0.39, 0.29) is 11.3 Å². The van der Waals surface area contributed by atoms with Crippen molar-refractivity contribution in [2.75, 3.05) is 4.90 Å². The summed E-state index contributed by atoms with van der Waals surface area (Å²) in [6.45, 7) is 0. The van der Waals surface area contributed by atoms with Crippen LogP contribution in [0.4, 0.5) is 18.9 Å². The molecule has 0 bridgehead atoms. The maximum Gasteiger partial charge on any atom is 0.300 e. The summed E-state index contributed by atoms with van der Waals surface area (Å²) in [6.07, 6.45) is 3.87. The molecule has 34 heavy (non-hydrogen) atoms. The second-order valence-corrected chi connectivity index (χ2v) is 8.51. The number of Topliss-reactive ketones (excluding diaryl/α,β-unsaturated/α-hetero) is 1. The van der Waals surface area contributed by atoms with Crippen LogP contribution in [-0.4, -0.2) is 16.8 Å². The van der Waals surface area contributed by atoms with Gasteiger partial charge in [0.15, 0.2) is 0 Å². The molecule has 4 nitrogen and oxygen atoms in total. The van der Waals surface area contributed by atoms with Crippen LogP contribution >= 0.6 is 0 Å². The molecule has 1 heterocycles. The lowest BCUT2D eigenvalue weighted by molar-refractivity contribution is -0.132. The zero-order valence-electron chi connectivity index (χ0n) is 18.0. The molecule has 1 saturated heterocycles. The third-order valence-corrected chi connectivity index (χ3v) is 6.42. The molecule has 3 aromatic rings. The van der Waals surface area contributed by atoms with Crippen molar-refractivity contribution in [2.24, 2.45) is 0 Å². The quantitative estimate of drug-likeness (QED) is 0.312. The number of hydrogen-bond acceptors (Lipinski definition) is 3. The van der Waals surface area contributed by atoms with Crippen molar-refractivity contribution in [1.29, 1.82) is 0 Å². The zero-order valence-corrected chi connectivity index (χ0v) is 18.0.